The average Bonchev–Trinajstić information content (AvgIpc) is 2.79. The van der Waals surface area contributed by atoms with Crippen LogP contribution in [0.25, 0.3) is 0 Å². The van der Waals surface area contributed by atoms with Crippen LogP contribution in [0.3, 0.4) is 0 Å². The zero-order valence-corrected chi connectivity index (χ0v) is 15.6. The van der Waals surface area contributed by atoms with Crippen LogP contribution in [-0.4, -0.2) is 23.2 Å². The first kappa shape index (κ1) is 19.2. The third kappa shape index (κ3) is 3.92. The van der Waals surface area contributed by atoms with E-state index in [-0.39, 0.29) is 12.3 Å². The molecule has 0 radical (unpaired) electrons. The SMILES string of the molecule is CC1(c2ccccc2Br)NC(=O)N(Cc2ccc(OC(F)(F)F)cc2)C1=O. The minimum absolute atomic E-state index is 0.0724. The minimum Gasteiger partial charge on any atom is -0.406 e. The zero-order chi connectivity index (χ0) is 19.8. The summed E-state index contributed by atoms with van der Waals surface area (Å²) < 4.78 is 41.1. The van der Waals surface area contributed by atoms with E-state index in [9.17, 15) is 22.8 Å². The highest BCUT2D eigenvalue weighted by Gasteiger charge is 2.49. The fraction of sp³-hybridized carbons (Fsp3) is 0.222. The van der Waals surface area contributed by atoms with Crippen LogP contribution in [0.15, 0.2) is 53.0 Å². The molecule has 1 atom stereocenters. The maximum Gasteiger partial charge on any atom is 0.573 e. The molecule has 0 spiro atoms. The molecule has 5 nitrogen and oxygen atoms in total. The topological polar surface area (TPSA) is 58.6 Å². The fourth-order valence-electron chi connectivity index (χ4n) is 2.87. The molecule has 3 rings (SSSR count). The highest BCUT2D eigenvalue weighted by Crippen LogP contribution is 2.34. The number of amides is 3. The summed E-state index contributed by atoms with van der Waals surface area (Å²) in [6.07, 6.45) is -4.78. The third-order valence-corrected chi connectivity index (χ3v) is 4.88. The van der Waals surface area contributed by atoms with Crippen LogP contribution in [0.5, 0.6) is 5.75 Å². The van der Waals surface area contributed by atoms with E-state index in [0.717, 1.165) is 17.0 Å². The molecule has 2 aromatic rings. The van der Waals surface area contributed by atoms with Gasteiger partial charge in [0.25, 0.3) is 5.91 Å². The van der Waals surface area contributed by atoms with Crippen molar-refractivity contribution in [1.82, 2.24) is 10.2 Å². The molecule has 1 saturated heterocycles. The third-order valence-electron chi connectivity index (χ3n) is 4.19. The average molecular weight is 443 g/mol. The van der Waals surface area contributed by atoms with Gasteiger partial charge in [-0.25, -0.2) is 4.79 Å². The first-order valence-corrected chi connectivity index (χ1v) is 8.63. The van der Waals surface area contributed by atoms with Crippen LogP contribution >= 0.6 is 15.9 Å². The van der Waals surface area contributed by atoms with Crippen molar-refractivity contribution >= 4 is 27.9 Å². The van der Waals surface area contributed by atoms with Gasteiger partial charge in [0.15, 0.2) is 0 Å². The van der Waals surface area contributed by atoms with Gasteiger partial charge in [-0.15, -0.1) is 13.2 Å². The molecule has 3 amide bonds. The van der Waals surface area contributed by atoms with Crippen molar-refractivity contribution < 1.29 is 27.5 Å². The summed E-state index contributed by atoms with van der Waals surface area (Å²) in [6, 6.07) is 11.5. The number of hydrogen-bond donors (Lipinski definition) is 1. The molecular weight excluding hydrogens is 429 g/mol. The van der Waals surface area contributed by atoms with Crippen molar-refractivity contribution in [2.24, 2.45) is 0 Å². The predicted octanol–water partition coefficient (Wildman–Crippen LogP) is 4.31. The van der Waals surface area contributed by atoms with Crippen LogP contribution in [-0.2, 0) is 16.9 Å². The molecule has 27 heavy (non-hydrogen) atoms. The van der Waals surface area contributed by atoms with Gasteiger partial charge in [-0.1, -0.05) is 46.3 Å². The Bertz CT molecular complexity index is 886. The minimum atomic E-state index is -4.78. The molecule has 0 aromatic heterocycles. The van der Waals surface area contributed by atoms with Gasteiger partial charge in [-0.3, -0.25) is 9.69 Å². The predicted molar refractivity (Wildman–Crippen MR) is 93.7 cm³/mol. The number of ether oxygens (including phenoxy) is 1. The number of nitrogens with one attached hydrogen (secondary N) is 1. The van der Waals surface area contributed by atoms with E-state index in [1.54, 1.807) is 31.2 Å². The summed E-state index contributed by atoms with van der Waals surface area (Å²) in [7, 11) is 0. The molecule has 0 saturated carbocycles. The highest BCUT2D eigenvalue weighted by molar-refractivity contribution is 9.10. The van der Waals surface area contributed by atoms with Crippen molar-refractivity contribution in [3.05, 3.63) is 64.1 Å². The normalized spacial score (nSPS) is 20.0. The van der Waals surface area contributed by atoms with E-state index in [1.165, 1.54) is 12.1 Å². The number of imide groups is 1. The standard InChI is InChI=1S/C18H14BrF3N2O3/c1-17(13-4-2-3-5-14(13)19)15(25)24(16(26)23-17)10-11-6-8-12(9-7-11)27-18(20,21)22/h2-9H,10H2,1H3,(H,23,26). The number of benzene rings is 2. The van der Waals surface area contributed by atoms with E-state index < -0.39 is 23.8 Å². The number of carbonyl (C=O) groups excluding carboxylic acids is 2. The number of carbonyl (C=O) groups is 2. The molecule has 1 aliphatic rings. The lowest BCUT2D eigenvalue weighted by atomic mass is 9.92. The Labute approximate surface area is 161 Å². The Hall–Kier alpha value is -2.55. The lowest BCUT2D eigenvalue weighted by Crippen LogP contribution is -2.41. The van der Waals surface area contributed by atoms with Gasteiger partial charge in [0.1, 0.15) is 11.3 Å². The van der Waals surface area contributed by atoms with Crippen LogP contribution in [0.4, 0.5) is 18.0 Å². The van der Waals surface area contributed by atoms with Gasteiger partial charge < -0.3 is 10.1 Å². The molecular formula is C18H14BrF3N2O3. The molecule has 1 N–H and O–H groups in total. The van der Waals surface area contributed by atoms with Crippen LogP contribution in [0.1, 0.15) is 18.1 Å². The van der Waals surface area contributed by atoms with Crippen molar-refractivity contribution in [3.63, 3.8) is 0 Å². The molecule has 0 bridgehead atoms. The van der Waals surface area contributed by atoms with Gasteiger partial charge in [0, 0.05) is 10.0 Å². The maximum absolute atomic E-state index is 12.9. The lowest BCUT2D eigenvalue weighted by Gasteiger charge is -2.23. The number of alkyl halides is 3. The van der Waals surface area contributed by atoms with Gasteiger partial charge in [0.2, 0.25) is 0 Å². The molecule has 9 heteroatoms. The molecule has 2 aromatic carbocycles. The van der Waals surface area contributed by atoms with Crippen LogP contribution in [0.2, 0.25) is 0 Å². The number of urea groups is 1. The number of halogens is 4. The van der Waals surface area contributed by atoms with E-state index in [2.05, 4.69) is 26.0 Å². The maximum atomic E-state index is 12.9. The van der Waals surface area contributed by atoms with Crippen molar-refractivity contribution in [1.29, 1.82) is 0 Å². The highest BCUT2D eigenvalue weighted by atomic mass is 79.9. The van der Waals surface area contributed by atoms with Crippen LogP contribution in [0, 0.1) is 0 Å². The number of rotatable bonds is 4. The van der Waals surface area contributed by atoms with E-state index in [4.69, 9.17) is 0 Å². The quantitative estimate of drug-likeness (QED) is 0.717. The van der Waals surface area contributed by atoms with Gasteiger partial charge >= 0.3 is 12.4 Å². The molecule has 0 aliphatic carbocycles. The molecule has 1 unspecified atom stereocenters. The first-order valence-electron chi connectivity index (χ1n) is 7.84. The monoisotopic (exact) mass is 442 g/mol. The molecule has 142 valence electrons. The molecule has 1 heterocycles. The summed E-state index contributed by atoms with van der Waals surface area (Å²) in [6.45, 7) is 1.53. The van der Waals surface area contributed by atoms with E-state index in [1.807, 2.05) is 0 Å². The second kappa shape index (κ2) is 6.88. The zero-order valence-electron chi connectivity index (χ0n) is 14.0. The van der Waals surface area contributed by atoms with E-state index >= 15 is 0 Å². The van der Waals surface area contributed by atoms with Gasteiger partial charge in [0.05, 0.1) is 6.54 Å². The second-order valence-electron chi connectivity index (χ2n) is 6.12. The summed E-state index contributed by atoms with van der Waals surface area (Å²) in [4.78, 5) is 26.3. The van der Waals surface area contributed by atoms with Gasteiger partial charge in [-0.2, -0.15) is 0 Å². The van der Waals surface area contributed by atoms with Crippen molar-refractivity contribution in [2.75, 3.05) is 0 Å². The first-order chi connectivity index (χ1) is 12.6. The van der Waals surface area contributed by atoms with Crippen molar-refractivity contribution in [3.8, 4) is 5.75 Å². The summed E-state index contributed by atoms with van der Waals surface area (Å²) in [5.41, 5.74) is -0.138. The smallest absolute Gasteiger partial charge is 0.406 e. The summed E-state index contributed by atoms with van der Waals surface area (Å²) in [5, 5.41) is 2.68. The molecule has 1 aliphatic heterocycles. The Morgan fingerprint density at radius 3 is 2.33 bits per heavy atom. The number of hydrogen-bond acceptors (Lipinski definition) is 3. The van der Waals surface area contributed by atoms with Crippen molar-refractivity contribution in [2.45, 2.75) is 25.4 Å². The Kier molecular flexibility index (Phi) is 4.90. The molecule has 1 fully saturated rings. The largest absolute Gasteiger partial charge is 0.573 e. The Balaban J connectivity index is 1.79. The Morgan fingerprint density at radius 1 is 1.11 bits per heavy atom. The lowest BCUT2D eigenvalue weighted by molar-refractivity contribution is -0.274. The second-order valence-corrected chi connectivity index (χ2v) is 6.97. The van der Waals surface area contributed by atoms with E-state index in [0.29, 0.717) is 15.6 Å². The summed E-state index contributed by atoms with van der Waals surface area (Å²) in [5.74, 6) is -0.823. The van der Waals surface area contributed by atoms with Gasteiger partial charge in [-0.05, 0) is 30.7 Å². The van der Waals surface area contributed by atoms with Crippen LogP contribution < -0.4 is 10.1 Å². The Morgan fingerprint density at radius 2 is 1.74 bits per heavy atom. The number of nitrogens with zero attached hydrogens (tertiary/aromatic N) is 1. The summed E-state index contributed by atoms with van der Waals surface area (Å²) >= 11 is 3.38. The fourth-order valence-corrected chi connectivity index (χ4v) is 3.55.